The number of aromatic nitrogens is 3. The molecule has 8 heteroatoms. The second kappa shape index (κ2) is 5.73. The van der Waals surface area contributed by atoms with Crippen LogP contribution in [0.1, 0.15) is 15.9 Å². The fraction of sp³-hybridized carbons (Fsp3) is 0. The highest BCUT2D eigenvalue weighted by molar-refractivity contribution is 5.87. The Morgan fingerprint density at radius 1 is 1.25 bits per heavy atom. The zero-order chi connectivity index (χ0) is 17.3. The average molecular weight is 322 g/mol. The number of rotatable bonds is 3. The van der Waals surface area contributed by atoms with E-state index < -0.39 is 11.5 Å². The monoisotopic (exact) mass is 322 g/mol. The molecule has 0 saturated carbocycles. The number of aromatic amines is 1. The highest BCUT2D eigenvalue weighted by Crippen LogP contribution is 2.27. The van der Waals surface area contributed by atoms with Crippen LogP contribution in [0.4, 0.5) is 0 Å². The van der Waals surface area contributed by atoms with Gasteiger partial charge in [-0.1, -0.05) is 0 Å². The van der Waals surface area contributed by atoms with Crippen molar-refractivity contribution in [2.24, 2.45) is 0 Å². The van der Waals surface area contributed by atoms with Crippen LogP contribution >= 0.6 is 0 Å². The fourth-order valence-electron chi connectivity index (χ4n) is 2.21. The van der Waals surface area contributed by atoms with Crippen LogP contribution in [0.5, 0.6) is 5.75 Å². The van der Waals surface area contributed by atoms with E-state index in [2.05, 4.69) is 10.1 Å². The average Bonchev–Trinajstić information content (AvgIpc) is 2.96. The first kappa shape index (κ1) is 15.1. The molecule has 0 aliphatic rings. The Hall–Kier alpha value is -3.86. The van der Waals surface area contributed by atoms with Gasteiger partial charge in [-0.2, -0.15) is 5.26 Å². The van der Waals surface area contributed by atoms with E-state index >= 15 is 0 Å². The van der Waals surface area contributed by atoms with Gasteiger partial charge in [-0.15, -0.1) is 0 Å². The Morgan fingerprint density at radius 2 is 2.04 bits per heavy atom. The number of carboxylic acids is 1. The number of nitrogens with zero attached hydrogens (tertiary/aromatic N) is 3. The molecule has 3 N–H and O–H groups in total. The Labute approximate surface area is 134 Å². The van der Waals surface area contributed by atoms with Gasteiger partial charge in [0.25, 0.3) is 5.56 Å². The normalized spacial score (nSPS) is 10.3. The third-order valence-corrected chi connectivity index (χ3v) is 3.41. The van der Waals surface area contributed by atoms with Crippen LogP contribution in [-0.2, 0) is 0 Å². The van der Waals surface area contributed by atoms with Gasteiger partial charge < -0.3 is 10.2 Å². The molecule has 0 radical (unpaired) electrons. The molecule has 1 aromatic carbocycles. The lowest BCUT2D eigenvalue weighted by molar-refractivity contribution is 0.0696. The molecule has 2 aromatic heterocycles. The Bertz CT molecular complexity index is 1030. The minimum absolute atomic E-state index is 0.00307. The molecule has 0 atom stereocenters. The smallest absolute Gasteiger partial charge is 0.337 e. The van der Waals surface area contributed by atoms with Crippen LogP contribution in [0, 0.1) is 11.3 Å². The predicted octanol–water partition coefficient (Wildman–Crippen LogP) is 1.50. The highest BCUT2D eigenvalue weighted by atomic mass is 16.4. The summed E-state index contributed by atoms with van der Waals surface area (Å²) in [5, 5.41) is 30.4. The van der Waals surface area contributed by atoms with Crippen LogP contribution in [0.25, 0.3) is 16.9 Å². The van der Waals surface area contributed by atoms with Crippen molar-refractivity contribution in [2.45, 2.75) is 0 Å². The lowest BCUT2D eigenvalue weighted by Gasteiger charge is -2.02. The van der Waals surface area contributed by atoms with Gasteiger partial charge in [0.2, 0.25) is 0 Å². The van der Waals surface area contributed by atoms with Gasteiger partial charge in [0.1, 0.15) is 5.75 Å². The van der Waals surface area contributed by atoms with Gasteiger partial charge in [0.15, 0.2) is 5.82 Å². The Balaban J connectivity index is 2.05. The van der Waals surface area contributed by atoms with Crippen molar-refractivity contribution in [3.05, 3.63) is 64.2 Å². The lowest BCUT2D eigenvalue weighted by atomic mass is 10.1. The fourth-order valence-corrected chi connectivity index (χ4v) is 2.21. The van der Waals surface area contributed by atoms with E-state index in [1.807, 2.05) is 6.07 Å². The lowest BCUT2D eigenvalue weighted by Crippen LogP contribution is -2.17. The van der Waals surface area contributed by atoms with Crippen molar-refractivity contribution < 1.29 is 15.0 Å². The molecule has 0 saturated heterocycles. The van der Waals surface area contributed by atoms with Crippen LogP contribution in [0.15, 0.2) is 47.5 Å². The minimum Gasteiger partial charge on any atom is -0.507 e. The quantitative estimate of drug-likeness (QED) is 0.669. The maximum Gasteiger partial charge on any atom is 0.337 e. The first-order valence-electron chi connectivity index (χ1n) is 6.75. The van der Waals surface area contributed by atoms with E-state index in [0.717, 1.165) is 10.9 Å². The molecule has 0 amide bonds. The first-order valence-corrected chi connectivity index (χ1v) is 6.75. The van der Waals surface area contributed by atoms with Crippen LogP contribution in [0.2, 0.25) is 0 Å². The van der Waals surface area contributed by atoms with Crippen molar-refractivity contribution in [2.75, 3.05) is 0 Å². The number of benzene rings is 1. The summed E-state index contributed by atoms with van der Waals surface area (Å²) in [6, 6.07) is 8.86. The molecular weight excluding hydrogens is 312 g/mol. The third-order valence-electron chi connectivity index (χ3n) is 3.41. The summed E-state index contributed by atoms with van der Waals surface area (Å²) in [5.74, 6) is -1.09. The second-order valence-corrected chi connectivity index (χ2v) is 4.88. The van der Waals surface area contributed by atoms with Crippen molar-refractivity contribution in [3.8, 4) is 28.8 Å². The Kier molecular flexibility index (Phi) is 3.60. The molecule has 0 aliphatic carbocycles. The molecular formula is C16H10N4O4. The van der Waals surface area contributed by atoms with Gasteiger partial charge >= 0.3 is 5.97 Å². The SMILES string of the molecule is N#Cc1ccc(-c2c[nH]n(-c3ccc(C(=O)O)cn3)c2=O)c(O)c1. The summed E-state index contributed by atoms with van der Waals surface area (Å²) >= 11 is 0. The summed E-state index contributed by atoms with van der Waals surface area (Å²) in [7, 11) is 0. The summed E-state index contributed by atoms with van der Waals surface area (Å²) in [4.78, 5) is 27.3. The molecule has 8 nitrogen and oxygen atoms in total. The number of nitriles is 1. The number of pyridine rings is 1. The number of carbonyl (C=O) groups is 1. The zero-order valence-electron chi connectivity index (χ0n) is 12.1. The Morgan fingerprint density at radius 3 is 2.62 bits per heavy atom. The van der Waals surface area contributed by atoms with Crippen LogP contribution in [0.3, 0.4) is 0 Å². The first-order chi connectivity index (χ1) is 11.5. The summed E-state index contributed by atoms with van der Waals surface area (Å²) in [6.45, 7) is 0. The molecule has 0 aliphatic heterocycles. The molecule has 0 fully saturated rings. The van der Waals surface area contributed by atoms with Crippen molar-refractivity contribution >= 4 is 5.97 Å². The van der Waals surface area contributed by atoms with Crippen LogP contribution in [-0.4, -0.2) is 30.9 Å². The summed E-state index contributed by atoms with van der Waals surface area (Å²) < 4.78 is 1.12. The van der Waals surface area contributed by atoms with E-state index in [-0.39, 0.29) is 33.8 Å². The van der Waals surface area contributed by atoms with Gasteiger partial charge in [0.05, 0.1) is 22.8 Å². The standard InChI is InChI=1S/C16H10N4O4/c17-6-9-1-3-11(13(21)5-9)12-8-19-20(15(12)22)14-4-2-10(7-18-14)16(23)24/h1-5,7-8,19,21H,(H,23,24). The molecule has 3 rings (SSSR count). The van der Waals surface area contributed by atoms with Gasteiger partial charge in [0, 0.05) is 18.0 Å². The van der Waals surface area contributed by atoms with E-state index in [0.29, 0.717) is 0 Å². The number of phenols is 1. The number of aromatic hydroxyl groups is 1. The maximum atomic E-state index is 12.5. The number of H-pyrrole nitrogens is 1. The van der Waals surface area contributed by atoms with E-state index in [1.165, 1.54) is 36.5 Å². The highest BCUT2D eigenvalue weighted by Gasteiger charge is 2.14. The molecule has 0 bridgehead atoms. The number of nitrogens with one attached hydrogen (secondary N) is 1. The van der Waals surface area contributed by atoms with Gasteiger partial charge in [-0.05, 0) is 30.3 Å². The molecule has 0 unspecified atom stereocenters. The molecule has 24 heavy (non-hydrogen) atoms. The topological polar surface area (TPSA) is 132 Å². The number of hydrogen-bond acceptors (Lipinski definition) is 5. The number of phenolic OH excluding ortho intramolecular Hbond substituents is 1. The van der Waals surface area contributed by atoms with E-state index in [1.54, 1.807) is 0 Å². The van der Waals surface area contributed by atoms with Gasteiger partial charge in [-0.25, -0.2) is 14.5 Å². The van der Waals surface area contributed by atoms with Crippen LogP contribution < -0.4 is 5.56 Å². The minimum atomic E-state index is -1.11. The van der Waals surface area contributed by atoms with E-state index in [9.17, 15) is 14.7 Å². The molecule has 3 aromatic rings. The van der Waals surface area contributed by atoms with Crippen molar-refractivity contribution in [1.29, 1.82) is 5.26 Å². The van der Waals surface area contributed by atoms with E-state index in [4.69, 9.17) is 10.4 Å². The summed E-state index contributed by atoms with van der Waals surface area (Å²) in [5.41, 5.74) is 0.282. The molecule has 2 heterocycles. The predicted molar refractivity (Wildman–Crippen MR) is 83.0 cm³/mol. The molecule has 118 valence electrons. The second-order valence-electron chi connectivity index (χ2n) is 4.88. The number of aromatic carboxylic acids is 1. The summed E-state index contributed by atoms with van der Waals surface area (Å²) in [6.07, 6.45) is 2.54. The zero-order valence-corrected chi connectivity index (χ0v) is 12.1. The van der Waals surface area contributed by atoms with Crippen molar-refractivity contribution in [3.63, 3.8) is 0 Å². The number of carboxylic acid groups (broad SMARTS) is 1. The van der Waals surface area contributed by atoms with Crippen molar-refractivity contribution in [1.82, 2.24) is 14.8 Å². The third kappa shape index (κ3) is 2.50. The maximum absolute atomic E-state index is 12.5. The molecule has 0 spiro atoms. The number of hydrogen-bond donors (Lipinski definition) is 3. The van der Waals surface area contributed by atoms with Gasteiger partial charge in [-0.3, -0.25) is 9.89 Å². The largest absolute Gasteiger partial charge is 0.507 e.